The Morgan fingerprint density at radius 2 is 2.00 bits per heavy atom. The summed E-state index contributed by atoms with van der Waals surface area (Å²) in [6, 6.07) is -0.428. The van der Waals surface area contributed by atoms with Gasteiger partial charge < -0.3 is 19.6 Å². The Hall–Kier alpha value is -1.32. The molecule has 26 heavy (non-hydrogen) atoms. The zero-order valence-electron chi connectivity index (χ0n) is 15.9. The minimum Gasteiger partial charge on any atom is -0.480 e. The van der Waals surface area contributed by atoms with Crippen LogP contribution in [-0.4, -0.2) is 101 Å². The number of rotatable bonds is 5. The fourth-order valence-corrected chi connectivity index (χ4v) is 4.31. The summed E-state index contributed by atoms with van der Waals surface area (Å²) in [6.45, 7) is 7.30. The van der Waals surface area contributed by atoms with Crippen LogP contribution in [0, 0.1) is 5.41 Å². The number of carbonyl (C=O) groups is 3. The first-order valence-corrected chi connectivity index (χ1v) is 9.94. The lowest BCUT2D eigenvalue weighted by atomic mass is 9.94. The van der Waals surface area contributed by atoms with Gasteiger partial charge in [-0.25, -0.2) is 0 Å². The molecule has 2 heterocycles. The molecule has 148 valence electrons. The van der Waals surface area contributed by atoms with Crippen molar-refractivity contribution in [1.82, 2.24) is 14.7 Å². The van der Waals surface area contributed by atoms with E-state index in [9.17, 15) is 14.4 Å². The molecule has 2 amide bonds. The number of thioether (sulfide) groups is 1. The van der Waals surface area contributed by atoms with Crippen molar-refractivity contribution in [2.24, 2.45) is 5.41 Å². The molecule has 0 radical (unpaired) electrons. The number of carbonyl (C=O) groups excluding carboxylic acids is 2. The molecule has 9 heteroatoms. The van der Waals surface area contributed by atoms with Gasteiger partial charge in [0.25, 0.3) is 0 Å². The highest BCUT2D eigenvalue weighted by atomic mass is 32.2. The van der Waals surface area contributed by atoms with E-state index in [4.69, 9.17) is 9.84 Å². The third-order valence-electron chi connectivity index (χ3n) is 4.44. The molecule has 2 unspecified atom stereocenters. The summed E-state index contributed by atoms with van der Waals surface area (Å²) in [6.07, 6.45) is -0.224. The third-order valence-corrected chi connectivity index (χ3v) is 5.45. The highest BCUT2D eigenvalue weighted by Crippen LogP contribution is 2.28. The standard InChI is InChI=1S/C17H29N3O5S/c1-17(2,3)16(24)20-11-26-10-13(20)15(23)19-5-6-25-12(8-19)7-18(4)9-14(21)22/h12-13H,5-11H2,1-4H3,(H,21,22). The second kappa shape index (κ2) is 8.58. The van der Waals surface area contributed by atoms with Crippen molar-refractivity contribution < 1.29 is 24.2 Å². The Morgan fingerprint density at radius 1 is 1.31 bits per heavy atom. The monoisotopic (exact) mass is 387 g/mol. The molecule has 2 rings (SSSR count). The van der Waals surface area contributed by atoms with Crippen LogP contribution in [0.25, 0.3) is 0 Å². The number of hydrogen-bond donors (Lipinski definition) is 1. The maximum absolute atomic E-state index is 13.0. The Balaban J connectivity index is 1.97. The number of ether oxygens (including phenoxy) is 1. The summed E-state index contributed by atoms with van der Waals surface area (Å²) in [7, 11) is 1.72. The minimum atomic E-state index is -0.893. The summed E-state index contributed by atoms with van der Waals surface area (Å²) in [4.78, 5) is 41.5. The van der Waals surface area contributed by atoms with Crippen LogP contribution < -0.4 is 0 Å². The van der Waals surface area contributed by atoms with Gasteiger partial charge in [0.15, 0.2) is 0 Å². The number of carboxylic acid groups (broad SMARTS) is 1. The third kappa shape index (κ3) is 5.34. The number of hydrogen-bond acceptors (Lipinski definition) is 6. The van der Waals surface area contributed by atoms with Gasteiger partial charge in [-0.3, -0.25) is 19.3 Å². The maximum atomic E-state index is 13.0. The van der Waals surface area contributed by atoms with Crippen LogP contribution in [0.15, 0.2) is 0 Å². The van der Waals surface area contributed by atoms with Gasteiger partial charge in [-0.1, -0.05) is 20.8 Å². The smallest absolute Gasteiger partial charge is 0.317 e. The molecule has 0 spiro atoms. The fourth-order valence-electron chi connectivity index (χ4n) is 3.16. The first-order chi connectivity index (χ1) is 12.1. The Bertz CT molecular complexity index is 551. The van der Waals surface area contributed by atoms with E-state index in [0.29, 0.717) is 37.9 Å². The quantitative estimate of drug-likeness (QED) is 0.719. The van der Waals surface area contributed by atoms with Gasteiger partial charge in [-0.15, -0.1) is 11.8 Å². The van der Waals surface area contributed by atoms with E-state index >= 15 is 0 Å². The molecule has 8 nitrogen and oxygen atoms in total. The van der Waals surface area contributed by atoms with Gasteiger partial charge in [-0.2, -0.15) is 0 Å². The van der Waals surface area contributed by atoms with Crippen LogP contribution in [-0.2, 0) is 19.1 Å². The van der Waals surface area contributed by atoms with E-state index in [2.05, 4.69) is 0 Å². The van der Waals surface area contributed by atoms with Crippen molar-refractivity contribution in [3.05, 3.63) is 0 Å². The predicted molar refractivity (Wildman–Crippen MR) is 98.9 cm³/mol. The second-order valence-corrected chi connectivity index (χ2v) is 8.91. The van der Waals surface area contributed by atoms with Crippen molar-refractivity contribution in [2.75, 3.05) is 51.5 Å². The highest BCUT2D eigenvalue weighted by Gasteiger charge is 2.41. The van der Waals surface area contributed by atoms with Crippen LogP contribution in [0.1, 0.15) is 20.8 Å². The molecule has 0 aromatic heterocycles. The lowest BCUT2D eigenvalue weighted by Crippen LogP contribution is -2.56. The maximum Gasteiger partial charge on any atom is 0.317 e. The second-order valence-electron chi connectivity index (χ2n) is 7.91. The Morgan fingerprint density at radius 3 is 2.62 bits per heavy atom. The molecule has 1 N–H and O–H groups in total. The largest absolute Gasteiger partial charge is 0.480 e. The average Bonchev–Trinajstić information content (AvgIpc) is 3.01. The highest BCUT2D eigenvalue weighted by molar-refractivity contribution is 7.99. The summed E-state index contributed by atoms with van der Waals surface area (Å²) < 4.78 is 5.69. The molecular formula is C17H29N3O5S. The first kappa shape index (κ1) is 21.0. The topological polar surface area (TPSA) is 90.4 Å². The van der Waals surface area contributed by atoms with E-state index in [0.717, 1.165) is 0 Å². The van der Waals surface area contributed by atoms with Gasteiger partial charge in [0.2, 0.25) is 11.8 Å². The molecule has 2 atom stereocenters. The van der Waals surface area contributed by atoms with E-state index in [1.165, 1.54) is 0 Å². The molecule has 2 fully saturated rings. The summed E-state index contributed by atoms with van der Waals surface area (Å²) in [5.74, 6) is 0.215. The normalized spacial score (nSPS) is 24.2. The van der Waals surface area contributed by atoms with Crippen molar-refractivity contribution in [3.8, 4) is 0 Å². The van der Waals surface area contributed by atoms with Gasteiger partial charge in [0, 0.05) is 30.8 Å². The molecule has 0 aromatic rings. The molecule has 0 bridgehead atoms. The van der Waals surface area contributed by atoms with Crippen molar-refractivity contribution >= 4 is 29.5 Å². The van der Waals surface area contributed by atoms with Gasteiger partial charge in [-0.05, 0) is 7.05 Å². The first-order valence-electron chi connectivity index (χ1n) is 8.79. The summed E-state index contributed by atoms with van der Waals surface area (Å²) in [5, 5.41) is 8.86. The van der Waals surface area contributed by atoms with E-state index in [-0.39, 0.29) is 24.5 Å². The Kier molecular flexibility index (Phi) is 6.92. The number of likely N-dealkylation sites (N-methyl/N-ethyl adjacent to an activating group) is 1. The van der Waals surface area contributed by atoms with Gasteiger partial charge >= 0.3 is 5.97 Å². The molecular weight excluding hydrogens is 358 g/mol. The van der Waals surface area contributed by atoms with Crippen molar-refractivity contribution in [1.29, 1.82) is 0 Å². The van der Waals surface area contributed by atoms with E-state index in [1.54, 1.807) is 33.5 Å². The number of morpholine rings is 1. The summed E-state index contributed by atoms with van der Waals surface area (Å²) in [5.41, 5.74) is -0.517. The van der Waals surface area contributed by atoms with Gasteiger partial charge in [0.05, 0.1) is 25.1 Å². The predicted octanol–water partition coefficient (Wildman–Crippen LogP) is 0.178. The SMILES string of the molecule is CN(CC(=O)O)CC1CN(C(=O)C2CSCN2C(=O)C(C)(C)C)CCO1. The van der Waals surface area contributed by atoms with Crippen LogP contribution in [0.3, 0.4) is 0 Å². The molecule has 2 aliphatic rings. The zero-order valence-corrected chi connectivity index (χ0v) is 16.8. The Labute approximate surface area is 158 Å². The summed E-state index contributed by atoms with van der Waals surface area (Å²) >= 11 is 1.60. The van der Waals surface area contributed by atoms with Crippen LogP contribution in [0.5, 0.6) is 0 Å². The number of amides is 2. The minimum absolute atomic E-state index is 0.00755. The number of nitrogens with zero attached hydrogens (tertiary/aromatic N) is 3. The van der Waals surface area contributed by atoms with Gasteiger partial charge in [0.1, 0.15) is 6.04 Å². The molecule has 2 aliphatic heterocycles. The number of aliphatic carboxylic acids is 1. The average molecular weight is 388 g/mol. The van der Waals surface area contributed by atoms with Crippen LogP contribution >= 0.6 is 11.8 Å². The van der Waals surface area contributed by atoms with E-state index in [1.807, 2.05) is 20.8 Å². The lowest BCUT2D eigenvalue weighted by Gasteiger charge is -2.38. The molecule has 0 aromatic carbocycles. The van der Waals surface area contributed by atoms with Crippen LogP contribution in [0.2, 0.25) is 0 Å². The number of carboxylic acids is 1. The van der Waals surface area contributed by atoms with E-state index < -0.39 is 17.4 Å². The fraction of sp³-hybridized carbons (Fsp3) is 0.824. The molecule has 0 saturated carbocycles. The van der Waals surface area contributed by atoms with Crippen LogP contribution in [0.4, 0.5) is 0 Å². The molecule has 2 saturated heterocycles. The van der Waals surface area contributed by atoms with Crippen molar-refractivity contribution in [3.63, 3.8) is 0 Å². The van der Waals surface area contributed by atoms with Crippen molar-refractivity contribution in [2.45, 2.75) is 32.9 Å². The molecule has 0 aliphatic carbocycles. The zero-order chi connectivity index (χ0) is 19.5. The lowest BCUT2D eigenvalue weighted by molar-refractivity contribution is -0.152.